The van der Waals surface area contributed by atoms with Crippen LogP contribution in [-0.4, -0.2) is 24.5 Å². The highest BCUT2D eigenvalue weighted by Gasteiger charge is 2.14. The van der Waals surface area contributed by atoms with Gasteiger partial charge in [-0.3, -0.25) is 9.59 Å². The van der Waals surface area contributed by atoms with E-state index >= 15 is 0 Å². The number of carbonyl (C=O) groups excluding carboxylic acids is 2. The lowest BCUT2D eigenvalue weighted by molar-refractivity contribution is -0.123. The first kappa shape index (κ1) is 19.3. The number of carbonyl (C=O) groups is 2. The number of hydrogen-bond acceptors (Lipinski definition) is 4. The summed E-state index contributed by atoms with van der Waals surface area (Å²) in [7, 11) is 0. The van der Waals surface area contributed by atoms with E-state index in [1.165, 1.54) is 0 Å². The van der Waals surface area contributed by atoms with Crippen LogP contribution in [0.4, 0.5) is 11.4 Å². The van der Waals surface area contributed by atoms with Gasteiger partial charge in [0.25, 0.3) is 0 Å². The molecule has 2 N–H and O–H groups in total. The van der Waals surface area contributed by atoms with Gasteiger partial charge in [-0.05, 0) is 45.0 Å². The van der Waals surface area contributed by atoms with Crippen molar-refractivity contribution in [2.24, 2.45) is 0 Å². The molecule has 0 atom stereocenters. The van der Waals surface area contributed by atoms with Crippen molar-refractivity contribution in [1.82, 2.24) is 0 Å². The lowest BCUT2D eigenvalue weighted by atomic mass is 10.2. The Morgan fingerprint density at radius 1 is 0.885 bits per heavy atom. The predicted octanol–water partition coefficient (Wildman–Crippen LogP) is 3.84. The van der Waals surface area contributed by atoms with Crippen molar-refractivity contribution in [2.75, 3.05) is 17.2 Å². The second-order valence-electron chi connectivity index (χ2n) is 5.87. The van der Waals surface area contributed by atoms with E-state index in [9.17, 15) is 9.59 Å². The van der Waals surface area contributed by atoms with Gasteiger partial charge in [0.05, 0.1) is 24.1 Å². The standard InChI is InChI=1S/C20H24N2O4/c1-4-25-17-11-7-5-9-15(17)21-19(23)13-20(24)22-16-10-6-8-12-18(16)26-14(2)3/h5-12,14H,4,13H2,1-3H3,(H,21,23)(H,22,24). The molecule has 0 heterocycles. The fraction of sp³-hybridized carbons (Fsp3) is 0.300. The molecular weight excluding hydrogens is 332 g/mol. The van der Waals surface area contributed by atoms with Crippen LogP contribution in [0.2, 0.25) is 0 Å². The van der Waals surface area contributed by atoms with E-state index < -0.39 is 11.8 Å². The highest BCUT2D eigenvalue weighted by atomic mass is 16.5. The first-order valence-electron chi connectivity index (χ1n) is 8.56. The van der Waals surface area contributed by atoms with Gasteiger partial charge >= 0.3 is 0 Å². The monoisotopic (exact) mass is 356 g/mol. The van der Waals surface area contributed by atoms with Gasteiger partial charge in [-0.25, -0.2) is 0 Å². The summed E-state index contributed by atoms with van der Waals surface area (Å²) in [6.07, 6.45) is -0.331. The fourth-order valence-corrected chi connectivity index (χ4v) is 2.31. The van der Waals surface area contributed by atoms with Crippen LogP contribution in [-0.2, 0) is 9.59 Å². The zero-order valence-electron chi connectivity index (χ0n) is 15.2. The van der Waals surface area contributed by atoms with E-state index in [-0.39, 0.29) is 12.5 Å². The maximum absolute atomic E-state index is 12.2. The van der Waals surface area contributed by atoms with Crippen LogP contribution in [0.5, 0.6) is 11.5 Å². The van der Waals surface area contributed by atoms with Crippen LogP contribution in [0.3, 0.4) is 0 Å². The molecule has 26 heavy (non-hydrogen) atoms. The highest BCUT2D eigenvalue weighted by Crippen LogP contribution is 2.26. The van der Waals surface area contributed by atoms with Crippen LogP contribution in [0, 0.1) is 0 Å². The second-order valence-corrected chi connectivity index (χ2v) is 5.87. The lowest BCUT2D eigenvalue weighted by Gasteiger charge is -2.15. The minimum Gasteiger partial charge on any atom is -0.492 e. The molecule has 0 aliphatic heterocycles. The summed E-state index contributed by atoms with van der Waals surface area (Å²) in [5.74, 6) is 0.297. The molecule has 0 bridgehead atoms. The van der Waals surface area contributed by atoms with E-state index in [0.717, 1.165) is 0 Å². The number of para-hydroxylation sites is 4. The third-order valence-corrected chi connectivity index (χ3v) is 3.31. The quantitative estimate of drug-likeness (QED) is 0.705. The van der Waals surface area contributed by atoms with Crippen LogP contribution < -0.4 is 20.1 Å². The molecule has 0 spiro atoms. The summed E-state index contributed by atoms with van der Waals surface area (Å²) in [6, 6.07) is 14.2. The Kier molecular flexibility index (Phi) is 7.02. The number of benzene rings is 2. The smallest absolute Gasteiger partial charge is 0.233 e. The molecule has 2 amide bonds. The SMILES string of the molecule is CCOc1ccccc1NC(=O)CC(=O)Nc1ccccc1OC(C)C. The summed E-state index contributed by atoms with van der Waals surface area (Å²) in [5.41, 5.74) is 1.07. The predicted molar refractivity (Wildman–Crippen MR) is 102 cm³/mol. The fourth-order valence-electron chi connectivity index (χ4n) is 2.31. The Bertz CT molecular complexity index is 759. The molecule has 0 saturated heterocycles. The molecule has 0 aromatic heterocycles. The van der Waals surface area contributed by atoms with Gasteiger partial charge in [0.2, 0.25) is 11.8 Å². The van der Waals surface area contributed by atoms with Gasteiger partial charge in [0.15, 0.2) is 0 Å². The van der Waals surface area contributed by atoms with Gasteiger partial charge in [0.1, 0.15) is 17.9 Å². The van der Waals surface area contributed by atoms with E-state index in [1.807, 2.05) is 32.9 Å². The third kappa shape index (κ3) is 5.81. The summed E-state index contributed by atoms with van der Waals surface area (Å²) in [4.78, 5) is 24.4. The van der Waals surface area contributed by atoms with Crippen molar-refractivity contribution in [1.29, 1.82) is 0 Å². The van der Waals surface area contributed by atoms with Gasteiger partial charge in [0, 0.05) is 0 Å². The van der Waals surface area contributed by atoms with Crippen molar-refractivity contribution >= 4 is 23.2 Å². The number of ether oxygens (including phenoxy) is 2. The van der Waals surface area contributed by atoms with E-state index in [0.29, 0.717) is 29.5 Å². The average molecular weight is 356 g/mol. The zero-order chi connectivity index (χ0) is 18.9. The topological polar surface area (TPSA) is 76.7 Å². The summed E-state index contributed by atoms with van der Waals surface area (Å²) in [5, 5.41) is 5.42. The molecule has 138 valence electrons. The Labute approximate surface area is 153 Å². The highest BCUT2D eigenvalue weighted by molar-refractivity contribution is 6.08. The molecule has 6 nitrogen and oxygen atoms in total. The minimum absolute atomic E-state index is 0.0218. The first-order valence-corrected chi connectivity index (χ1v) is 8.56. The Morgan fingerprint density at radius 2 is 1.38 bits per heavy atom. The van der Waals surface area contributed by atoms with Crippen molar-refractivity contribution in [3.05, 3.63) is 48.5 Å². The maximum atomic E-state index is 12.2. The van der Waals surface area contributed by atoms with Gasteiger partial charge in [-0.15, -0.1) is 0 Å². The third-order valence-electron chi connectivity index (χ3n) is 3.31. The molecule has 6 heteroatoms. The van der Waals surface area contributed by atoms with Crippen LogP contribution >= 0.6 is 0 Å². The van der Waals surface area contributed by atoms with Crippen LogP contribution in [0.15, 0.2) is 48.5 Å². The maximum Gasteiger partial charge on any atom is 0.233 e. The average Bonchev–Trinajstić information content (AvgIpc) is 2.58. The zero-order valence-corrected chi connectivity index (χ0v) is 15.2. The summed E-state index contributed by atoms with van der Waals surface area (Å²) < 4.78 is 11.1. The van der Waals surface area contributed by atoms with Crippen molar-refractivity contribution < 1.29 is 19.1 Å². The van der Waals surface area contributed by atoms with Crippen molar-refractivity contribution in [3.63, 3.8) is 0 Å². The normalized spacial score (nSPS) is 10.3. The Morgan fingerprint density at radius 3 is 1.92 bits per heavy atom. The minimum atomic E-state index is -0.420. The number of rotatable bonds is 8. The van der Waals surface area contributed by atoms with Gasteiger partial charge in [-0.2, -0.15) is 0 Å². The summed E-state index contributed by atoms with van der Waals surface area (Å²) >= 11 is 0. The molecule has 2 rings (SSSR count). The largest absolute Gasteiger partial charge is 0.492 e. The molecule has 0 fully saturated rings. The van der Waals surface area contributed by atoms with E-state index in [1.54, 1.807) is 36.4 Å². The van der Waals surface area contributed by atoms with Crippen LogP contribution in [0.1, 0.15) is 27.2 Å². The number of amides is 2. The molecule has 0 unspecified atom stereocenters. The molecule has 0 radical (unpaired) electrons. The van der Waals surface area contributed by atoms with E-state index in [2.05, 4.69) is 10.6 Å². The lowest BCUT2D eigenvalue weighted by Crippen LogP contribution is -2.22. The Hall–Kier alpha value is -3.02. The first-order chi connectivity index (χ1) is 12.5. The Balaban J connectivity index is 1.97. The molecule has 0 aliphatic carbocycles. The molecule has 0 saturated carbocycles. The summed E-state index contributed by atoms with van der Waals surface area (Å²) in [6.45, 7) is 6.16. The van der Waals surface area contributed by atoms with Crippen LogP contribution in [0.25, 0.3) is 0 Å². The number of anilines is 2. The molecule has 0 aliphatic rings. The molecular formula is C20H24N2O4. The van der Waals surface area contributed by atoms with E-state index in [4.69, 9.17) is 9.47 Å². The van der Waals surface area contributed by atoms with Crippen molar-refractivity contribution in [2.45, 2.75) is 33.3 Å². The second kappa shape index (κ2) is 9.46. The van der Waals surface area contributed by atoms with Crippen molar-refractivity contribution in [3.8, 4) is 11.5 Å². The number of hydrogen-bond donors (Lipinski definition) is 2. The van der Waals surface area contributed by atoms with Gasteiger partial charge < -0.3 is 20.1 Å². The molecule has 2 aromatic carbocycles. The van der Waals surface area contributed by atoms with Gasteiger partial charge in [-0.1, -0.05) is 24.3 Å². The number of nitrogens with one attached hydrogen (secondary N) is 2. The molecule has 2 aromatic rings.